The number of carbonyl (C=O) groups is 3. The van der Waals surface area contributed by atoms with E-state index in [1.54, 1.807) is 12.1 Å². The molecule has 0 spiro atoms. The van der Waals surface area contributed by atoms with E-state index in [0.29, 0.717) is 28.1 Å². The van der Waals surface area contributed by atoms with Gasteiger partial charge in [-0.15, -0.1) is 0 Å². The standard InChI is InChI=1S/C21H18BrN3O7/c1-3-8-32-18-11-16(22)12(10-17(18)31-2)9-15-19(26)23-21(28)24(20(15)27)13-4-6-14(7-5-13)25(29)30/h4-7,9-11H,3,8H2,1-2H3,(H,23,26,28)/b15-9-. The Bertz CT molecular complexity index is 1130. The molecule has 0 aromatic heterocycles. The first-order chi connectivity index (χ1) is 15.3. The molecule has 0 radical (unpaired) electrons. The van der Waals surface area contributed by atoms with Gasteiger partial charge in [0.2, 0.25) is 0 Å². The number of rotatable bonds is 7. The van der Waals surface area contributed by atoms with Crippen LogP contribution in [0.1, 0.15) is 18.9 Å². The van der Waals surface area contributed by atoms with Crippen LogP contribution in [0.2, 0.25) is 0 Å². The van der Waals surface area contributed by atoms with Gasteiger partial charge in [0.1, 0.15) is 5.57 Å². The first kappa shape index (κ1) is 22.9. The van der Waals surface area contributed by atoms with Crippen LogP contribution in [0.5, 0.6) is 11.5 Å². The van der Waals surface area contributed by atoms with E-state index in [1.807, 2.05) is 6.92 Å². The van der Waals surface area contributed by atoms with Crippen molar-refractivity contribution in [3.05, 3.63) is 62.1 Å². The summed E-state index contributed by atoms with van der Waals surface area (Å²) in [5, 5.41) is 13.0. The highest BCUT2D eigenvalue weighted by molar-refractivity contribution is 9.10. The second-order valence-electron chi connectivity index (χ2n) is 6.60. The second kappa shape index (κ2) is 9.60. The Kier molecular flexibility index (Phi) is 6.89. The van der Waals surface area contributed by atoms with Crippen LogP contribution >= 0.6 is 15.9 Å². The van der Waals surface area contributed by atoms with Crippen LogP contribution in [0.3, 0.4) is 0 Å². The van der Waals surface area contributed by atoms with Gasteiger partial charge in [-0.3, -0.25) is 25.0 Å². The highest BCUT2D eigenvalue weighted by Gasteiger charge is 2.37. The number of hydrogen-bond acceptors (Lipinski definition) is 7. The second-order valence-corrected chi connectivity index (χ2v) is 7.46. The number of benzene rings is 2. The maximum Gasteiger partial charge on any atom is 0.335 e. The first-order valence-corrected chi connectivity index (χ1v) is 10.2. The van der Waals surface area contributed by atoms with E-state index < -0.39 is 22.8 Å². The third-order valence-corrected chi connectivity index (χ3v) is 5.15. The van der Waals surface area contributed by atoms with Crippen LogP contribution in [0, 0.1) is 10.1 Å². The average Bonchev–Trinajstić information content (AvgIpc) is 2.76. The molecule has 1 fully saturated rings. The Morgan fingerprint density at radius 3 is 2.44 bits per heavy atom. The number of carbonyl (C=O) groups excluding carboxylic acids is 3. The number of anilines is 1. The van der Waals surface area contributed by atoms with Crippen molar-refractivity contribution in [3.63, 3.8) is 0 Å². The summed E-state index contributed by atoms with van der Waals surface area (Å²) in [5.41, 5.74) is 0.0263. The van der Waals surface area contributed by atoms with E-state index in [2.05, 4.69) is 21.2 Å². The molecule has 11 heteroatoms. The maximum atomic E-state index is 13.0. The van der Waals surface area contributed by atoms with Crippen molar-refractivity contribution in [1.82, 2.24) is 5.32 Å². The Balaban J connectivity index is 1.99. The number of nitrogens with one attached hydrogen (secondary N) is 1. The smallest absolute Gasteiger partial charge is 0.335 e. The summed E-state index contributed by atoms with van der Waals surface area (Å²) >= 11 is 3.39. The summed E-state index contributed by atoms with van der Waals surface area (Å²) < 4.78 is 11.5. The minimum absolute atomic E-state index is 0.0801. The summed E-state index contributed by atoms with van der Waals surface area (Å²) in [7, 11) is 1.46. The molecule has 1 N–H and O–H groups in total. The quantitative estimate of drug-likeness (QED) is 0.263. The maximum absolute atomic E-state index is 13.0. The number of amides is 4. The fourth-order valence-corrected chi connectivity index (χ4v) is 3.35. The molecule has 0 bridgehead atoms. The lowest BCUT2D eigenvalue weighted by atomic mass is 10.1. The van der Waals surface area contributed by atoms with E-state index >= 15 is 0 Å². The zero-order chi connectivity index (χ0) is 23.4. The van der Waals surface area contributed by atoms with Crippen LogP contribution in [-0.2, 0) is 9.59 Å². The number of nitro groups is 1. The lowest BCUT2D eigenvalue weighted by Gasteiger charge is -2.26. The van der Waals surface area contributed by atoms with E-state index in [1.165, 1.54) is 25.3 Å². The summed E-state index contributed by atoms with van der Waals surface area (Å²) in [5.74, 6) is -0.842. The van der Waals surface area contributed by atoms with Crippen molar-refractivity contribution >= 4 is 51.2 Å². The molecule has 0 unspecified atom stereocenters. The van der Waals surface area contributed by atoms with Crippen LogP contribution in [-0.4, -0.2) is 36.5 Å². The summed E-state index contributed by atoms with van der Waals surface area (Å²) in [6.07, 6.45) is 2.12. The van der Waals surface area contributed by atoms with Crippen molar-refractivity contribution in [1.29, 1.82) is 0 Å². The number of ether oxygens (including phenoxy) is 2. The van der Waals surface area contributed by atoms with Crippen molar-refractivity contribution < 1.29 is 28.8 Å². The van der Waals surface area contributed by atoms with Crippen LogP contribution in [0.15, 0.2) is 46.4 Å². The molecular weight excluding hydrogens is 486 g/mol. The Labute approximate surface area is 191 Å². The molecule has 1 aliphatic rings. The van der Waals surface area contributed by atoms with Gasteiger partial charge in [0.25, 0.3) is 17.5 Å². The van der Waals surface area contributed by atoms with Gasteiger partial charge in [-0.25, -0.2) is 9.69 Å². The lowest BCUT2D eigenvalue weighted by molar-refractivity contribution is -0.384. The SMILES string of the molecule is CCCOc1cc(Br)c(/C=C2/C(=O)NC(=O)N(c3ccc([N+](=O)[O-])cc3)C2=O)cc1OC. The number of non-ortho nitro benzene ring substituents is 1. The number of urea groups is 1. The molecule has 1 heterocycles. The van der Waals surface area contributed by atoms with Gasteiger partial charge in [-0.05, 0) is 42.3 Å². The molecule has 2 aromatic rings. The van der Waals surface area contributed by atoms with Gasteiger partial charge in [0.05, 0.1) is 24.3 Å². The number of methoxy groups -OCH3 is 1. The monoisotopic (exact) mass is 503 g/mol. The fraction of sp³-hybridized carbons (Fsp3) is 0.190. The van der Waals surface area contributed by atoms with Gasteiger partial charge in [-0.1, -0.05) is 22.9 Å². The van der Waals surface area contributed by atoms with E-state index in [4.69, 9.17) is 9.47 Å². The number of halogens is 1. The van der Waals surface area contributed by atoms with E-state index in [-0.39, 0.29) is 16.9 Å². The molecule has 1 saturated heterocycles. The molecule has 10 nitrogen and oxygen atoms in total. The van der Waals surface area contributed by atoms with Crippen LogP contribution in [0.25, 0.3) is 6.08 Å². The van der Waals surface area contributed by atoms with Gasteiger partial charge >= 0.3 is 6.03 Å². The zero-order valence-corrected chi connectivity index (χ0v) is 18.7. The molecule has 166 valence electrons. The highest BCUT2D eigenvalue weighted by atomic mass is 79.9. The number of barbiturate groups is 1. The van der Waals surface area contributed by atoms with Crippen LogP contribution < -0.4 is 19.7 Å². The van der Waals surface area contributed by atoms with Crippen molar-refractivity contribution in [2.75, 3.05) is 18.6 Å². The third-order valence-electron chi connectivity index (χ3n) is 4.46. The summed E-state index contributed by atoms with van der Waals surface area (Å²) in [6, 6.07) is 7.12. The lowest BCUT2D eigenvalue weighted by Crippen LogP contribution is -2.54. The molecular formula is C21H18BrN3O7. The summed E-state index contributed by atoms with van der Waals surface area (Å²) in [6.45, 7) is 2.45. The van der Waals surface area contributed by atoms with E-state index in [0.717, 1.165) is 23.5 Å². The molecule has 0 saturated carbocycles. The number of imide groups is 2. The van der Waals surface area contributed by atoms with Gasteiger partial charge in [0.15, 0.2) is 11.5 Å². The van der Waals surface area contributed by atoms with Gasteiger partial charge in [-0.2, -0.15) is 0 Å². The van der Waals surface area contributed by atoms with Gasteiger partial charge < -0.3 is 9.47 Å². The molecule has 2 aromatic carbocycles. The highest BCUT2D eigenvalue weighted by Crippen LogP contribution is 2.35. The van der Waals surface area contributed by atoms with Crippen molar-refractivity contribution in [3.8, 4) is 11.5 Å². The Morgan fingerprint density at radius 2 is 1.84 bits per heavy atom. The first-order valence-electron chi connectivity index (χ1n) is 9.43. The minimum atomic E-state index is -0.953. The predicted molar refractivity (Wildman–Crippen MR) is 119 cm³/mol. The summed E-state index contributed by atoms with van der Waals surface area (Å²) in [4.78, 5) is 48.7. The number of nitrogens with zero attached hydrogens (tertiary/aromatic N) is 2. The molecule has 0 aliphatic carbocycles. The molecule has 32 heavy (non-hydrogen) atoms. The van der Waals surface area contributed by atoms with Gasteiger partial charge in [0, 0.05) is 16.6 Å². The van der Waals surface area contributed by atoms with Crippen molar-refractivity contribution in [2.45, 2.75) is 13.3 Å². The van der Waals surface area contributed by atoms with Crippen LogP contribution in [0.4, 0.5) is 16.2 Å². The zero-order valence-electron chi connectivity index (χ0n) is 17.1. The fourth-order valence-electron chi connectivity index (χ4n) is 2.92. The molecule has 0 atom stereocenters. The topological polar surface area (TPSA) is 128 Å². The average molecular weight is 504 g/mol. The minimum Gasteiger partial charge on any atom is -0.493 e. The molecule has 4 amide bonds. The molecule has 3 rings (SSSR count). The third kappa shape index (κ3) is 4.62. The normalized spacial score (nSPS) is 15.0. The number of nitro benzene ring substituents is 1. The van der Waals surface area contributed by atoms with E-state index in [9.17, 15) is 24.5 Å². The number of hydrogen-bond donors (Lipinski definition) is 1. The molecule has 1 aliphatic heterocycles. The Hall–Kier alpha value is -3.73. The van der Waals surface area contributed by atoms with Crippen molar-refractivity contribution in [2.24, 2.45) is 0 Å². The Morgan fingerprint density at radius 1 is 1.16 bits per heavy atom. The largest absolute Gasteiger partial charge is 0.493 e. The predicted octanol–water partition coefficient (Wildman–Crippen LogP) is 3.82.